The van der Waals surface area contributed by atoms with Gasteiger partial charge in [0.1, 0.15) is 5.75 Å². The minimum Gasteiger partial charge on any atom is -0.507 e. The maximum absolute atomic E-state index is 12.0. The summed E-state index contributed by atoms with van der Waals surface area (Å²) in [5.41, 5.74) is 0.268. The van der Waals surface area contributed by atoms with E-state index in [4.69, 9.17) is 0 Å². The summed E-state index contributed by atoms with van der Waals surface area (Å²) in [6.45, 7) is 0. The third-order valence-corrected chi connectivity index (χ3v) is 4.80. The van der Waals surface area contributed by atoms with Crippen LogP contribution in [0.15, 0.2) is 22.7 Å². The molecule has 0 radical (unpaired) electrons. The number of phenols is 1. The number of hydrogen-bond acceptors (Lipinski definition) is 3. The summed E-state index contributed by atoms with van der Waals surface area (Å²) in [6, 6.07) is 4.84. The molecule has 0 bridgehead atoms. The zero-order chi connectivity index (χ0) is 13.1. The van der Waals surface area contributed by atoms with Crippen molar-refractivity contribution in [2.45, 2.75) is 18.9 Å². The van der Waals surface area contributed by atoms with E-state index < -0.39 is 10.8 Å². The third-order valence-electron chi connectivity index (χ3n) is 2.93. The fourth-order valence-electron chi connectivity index (χ4n) is 1.90. The van der Waals surface area contributed by atoms with Crippen LogP contribution >= 0.6 is 15.9 Å². The van der Waals surface area contributed by atoms with Gasteiger partial charge in [-0.2, -0.15) is 0 Å². The van der Waals surface area contributed by atoms with E-state index in [0.29, 0.717) is 11.5 Å². The van der Waals surface area contributed by atoms with Crippen molar-refractivity contribution in [1.82, 2.24) is 5.32 Å². The van der Waals surface area contributed by atoms with Gasteiger partial charge in [-0.15, -0.1) is 0 Å². The Kier molecular flexibility index (Phi) is 4.40. The van der Waals surface area contributed by atoms with Crippen molar-refractivity contribution in [3.05, 3.63) is 28.2 Å². The van der Waals surface area contributed by atoms with Gasteiger partial charge in [0.25, 0.3) is 5.91 Å². The molecule has 4 nitrogen and oxygen atoms in total. The number of hydrogen-bond donors (Lipinski definition) is 2. The molecule has 18 heavy (non-hydrogen) atoms. The minimum atomic E-state index is -0.735. The second kappa shape index (κ2) is 5.84. The molecule has 1 aromatic rings. The normalized spacial score (nSPS) is 23.6. The highest BCUT2D eigenvalue weighted by molar-refractivity contribution is 9.10. The molecule has 0 aromatic heterocycles. The van der Waals surface area contributed by atoms with E-state index in [1.807, 2.05) is 0 Å². The number of nitrogens with one attached hydrogen (secondary N) is 1. The number of halogens is 1. The summed E-state index contributed by atoms with van der Waals surface area (Å²) in [6.07, 6.45) is 1.46. The molecule has 1 fully saturated rings. The summed E-state index contributed by atoms with van der Waals surface area (Å²) in [7, 11) is -0.735. The Balaban J connectivity index is 2.01. The lowest BCUT2D eigenvalue weighted by Crippen LogP contribution is -2.39. The van der Waals surface area contributed by atoms with E-state index in [1.165, 1.54) is 6.07 Å². The van der Waals surface area contributed by atoms with Crippen LogP contribution in [0.1, 0.15) is 23.2 Å². The molecular formula is C12H14BrNO3S. The Hall–Kier alpha value is -0.880. The van der Waals surface area contributed by atoms with E-state index in [9.17, 15) is 14.1 Å². The fraction of sp³-hybridized carbons (Fsp3) is 0.417. The molecule has 1 saturated heterocycles. The van der Waals surface area contributed by atoms with Crippen LogP contribution in [0.4, 0.5) is 0 Å². The number of phenolic OH excluding ortho intramolecular Hbond substituents is 1. The van der Waals surface area contributed by atoms with Crippen LogP contribution in [-0.2, 0) is 10.8 Å². The first-order valence-electron chi connectivity index (χ1n) is 5.70. The number of benzene rings is 1. The Morgan fingerprint density at radius 3 is 2.67 bits per heavy atom. The van der Waals surface area contributed by atoms with Gasteiger partial charge in [0.2, 0.25) is 0 Å². The molecule has 1 aliphatic heterocycles. The second-order valence-corrected chi connectivity index (χ2v) is 6.87. The first kappa shape index (κ1) is 13.5. The molecule has 0 spiro atoms. The van der Waals surface area contributed by atoms with Crippen LogP contribution < -0.4 is 5.32 Å². The van der Waals surface area contributed by atoms with Crippen LogP contribution in [0.3, 0.4) is 0 Å². The van der Waals surface area contributed by atoms with Gasteiger partial charge in [-0.1, -0.05) is 15.9 Å². The molecule has 1 amide bonds. The lowest BCUT2D eigenvalue weighted by atomic mass is 10.1. The van der Waals surface area contributed by atoms with Crippen LogP contribution in [0.5, 0.6) is 5.75 Å². The van der Waals surface area contributed by atoms with Gasteiger partial charge in [-0.3, -0.25) is 9.00 Å². The molecule has 0 unspecified atom stereocenters. The minimum absolute atomic E-state index is 0.0405. The lowest BCUT2D eigenvalue weighted by Gasteiger charge is -2.22. The summed E-state index contributed by atoms with van der Waals surface area (Å²) >= 11 is 3.22. The van der Waals surface area contributed by atoms with Crippen LogP contribution in [0.25, 0.3) is 0 Å². The molecule has 2 rings (SSSR count). The highest BCUT2D eigenvalue weighted by Crippen LogP contribution is 2.22. The maximum atomic E-state index is 12.0. The second-order valence-electron chi connectivity index (χ2n) is 4.26. The molecule has 1 aliphatic rings. The van der Waals surface area contributed by atoms with Crippen molar-refractivity contribution in [2.75, 3.05) is 11.5 Å². The number of carbonyl (C=O) groups excluding carboxylic acids is 1. The van der Waals surface area contributed by atoms with Gasteiger partial charge in [0, 0.05) is 32.8 Å². The lowest BCUT2D eigenvalue weighted by molar-refractivity contribution is 0.0932. The number of carbonyl (C=O) groups is 1. The quantitative estimate of drug-likeness (QED) is 0.868. The van der Waals surface area contributed by atoms with E-state index in [2.05, 4.69) is 21.2 Å². The van der Waals surface area contributed by atoms with Crippen molar-refractivity contribution in [2.24, 2.45) is 0 Å². The van der Waals surface area contributed by atoms with Crippen molar-refractivity contribution in [3.8, 4) is 5.75 Å². The third kappa shape index (κ3) is 3.32. The number of amides is 1. The Labute approximate surface area is 116 Å². The molecule has 1 heterocycles. The fourth-order valence-corrected chi connectivity index (χ4v) is 3.55. The van der Waals surface area contributed by atoms with Crippen molar-refractivity contribution < 1.29 is 14.1 Å². The van der Waals surface area contributed by atoms with E-state index >= 15 is 0 Å². The topological polar surface area (TPSA) is 66.4 Å². The summed E-state index contributed by atoms with van der Waals surface area (Å²) in [5.74, 6) is 0.952. The van der Waals surface area contributed by atoms with Crippen LogP contribution in [0.2, 0.25) is 0 Å². The standard InChI is InChI=1S/C12H14BrNO3S/c13-8-1-2-10(11(15)7-8)12(16)14-9-3-5-18(17)6-4-9/h1-2,7,9,15H,3-6H2,(H,14,16). The highest BCUT2D eigenvalue weighted by Gasteiger charge is 2.21. The van der Waals surface area contributed by atoms with E-state index in [0.717, 1.165) is 17.3 Å². The van der Waals surface area contributed by atoms with Crippen molar-refractivity contribution >= 4 is 32.6 Å². The largest absolute Gasteiger partial charge is 0.507 e. The van der Waals surface area contributed by atoms with E-state index in [-0.39, 0.29) is 23.3 Å². The highest BCUT2D eigenvalue weighted by atomic mass is 79.9. The van der Waals surface area contributed by atoms with Crippen molar-refractivity contribution in [3.63, 3.8) is 0 Å². The molecular weight excluding hydrogens is 318 g/mol. The first-order valence-corrected chi connectivity index (χ1v) is 7.98. The monoisotopic (exact) mass is 331 g/mol. The van der Waals surface area contributed by atoms with Gasteiger partial charge in [-0.25, -0.2) is 0 Å². The average molecular weight is 332 g/mol. The molecule has 6 heteroatoms. The molecule has 1 aromatic carbocycles. The molecule has 2 N–H and O–H groups in total. The number of aromatic hydroxyl groups is 1. The Morgan fingerprint density at radius 1 is 1.39 bits per heavy atom. The Morgan fingerprint density at radius 2 is 2.06 bits per heavy atom. The van der Waals surface area contributed by atoms with Gasteiger partial charge in [-0.05, 0) is 31.0 Å². The summed E-state index contributed by atoms with van der Waals surface area (Å²) in [5, 5.41) is 12.6. The smallest absolute Gasteiger partial charge is 0.255 e. The number of rotatable bonds is 2. The maximum Gasteiger partial charge on any atom is 0.255 e. The summed E-state index contributed by atoms with van der Waals surface area (Å²) < 4.78 is 11.9. The average Bonchev–Trinajstić information content (AvgIpc) is 2.32. The van der Waals surface area contributed by atoms with Gasteiger partial charge in [0.05, 0.1) is 5.56 Å². The zero-order valence-corrected chi connectivity index (χ0v) is 12.1. The molecule has 0 saturated carbocycles. The van der Waals surface area contributed by atoms with Gasteiger partial charge >= 0.3 is 0 Å². The molecule has 0 aliphatic carbocycles. The SMILES string of the molecule is O=C(NC1CCS(=O)CC1)c1ccc(Br)cc1O. The first-order chi connectivity index (χ1) is 8.56. The van der Waals surface area contributed by atoms with Crippen molar-refractivity contribution in [1.29, 1.82) is 0 Å². The van der Waals surface area contributed by atoms with Gasteiger partial charge < -0.3 is 10.4 Å². The Bertz CT molecular complexity index is 482. The molecule has 0 atom stereocenters. The molecule has 98 valence electrons. The predicted octanol–water partition coefficient (Wildman–Crippen LogP) is 1.80. The zero-order valence-electron chi connectivity index (χ0n) is 9.69. The van der Waals surface area contributed by atoms with Crippen LogP contribution in [0, 0.1) is 0 Å². The van der Waals surface area contributed by atoms with Crippen LogP contribution in [-0.4, -0.2) is 32.8 Å². The van der Waals surface area contributed by atoms with E-state index in [1.54, 1.807) is 12.1 Å². The van der Waals surface area contributed by atoms with Gasteiger partial charge in [0.15, 0.2) is 0 Å². The predicted molar refractivity (Wildman–Crippen MR) is 74.2 cm³/mol. The summed E-state index contributed by atoms with van der Waals surface area (Å²) in [4.78, 5) is 12.0.